The fourth-order valence-corrected chi connectivity index (χ4v) is 12.0. The third-order valence-electron chi connectivity index (χ3n) is 18.3. The molecule has 4 rings (SSSR count). The van der Waals surface area contributed by atoms with Gasteiger partial charge in [0.15, 0.2) is 17.3 Å². The molecule has 2 aromatic carbocycles. The van der Waals surface area contributed by atoms with E-state index >= 15 is 0 Å². The summed E-state index contributed by atoms with van der Waals surface area (Å²) in [5.74, 6) is -26.3. The molecule has 12 amide bonds. The number of hydrogen-bond donors (Lipinski definition) is 17. The number of aliphatic hydroxyl groups excluding tert-OH is 1. The molecule has 2 heterocycles. The SMILES string of the molecule is CCCCCCCCCC(=O)NC(Cc1c[nH]c2ccccc12)C(=O)NC(CC(N)=O)C(=O)CC(CC(=O)O)C(=O)NC1C(=O)NCC(=O)NC(CCCN)C(=O)NC(COC=O)C(=O)NC(C)C(=O)NC(COC=O)C(=O)NCC(=O)NC(CO)C(=O)NC(C(C)COC=O)C(=O)CC(CC(=O)c2ccccc2N)C(=O)OC1C. The number of cyclic esters (lactones) is 1. The number of carbonyl (C=O) groups excluding carboxylic acids is 19. The van der Waals surface area contributed by atoms with Crippen LogP contribution in [0.2, 0.25) is 0 Å². The van der Waals surface area contributed by atoms with Gasteiger partial charge in [-0.3, -0.25) is 95.9 Å². The van der Waals surface area contributed by atoms with Gasteiger partial charge in [-0.1, -0.05) is 82.7 Å². The van der Waals surface area contributed by atoms with E-state index in [0.717, 1.165) is 46.0 Å². The summed E-state index contributed by atoms with van der Waals surface area (Å²) >= 11 is 0. The minimum Gasteiger partial charge on any atom is -0.481 e. The quantitative estimate of drug-likeness (QED) is 0.00641. The maximum absolute atomic E-state index is 14.9. The van der Waals surface area contributed by atoms with Crippen LogP contribution in [0.25, 0.3) is 10.9 Å². The summed E-state index contributed by atoms with van der Waals surface area (Å²) in [6.07, 6.45) is -0.392. The summed E-state index contributed by atoms with van der Waals surface area (Å²) in [5, 5.41) is 46.4. The van der Waals surface area contributed by atoms with Crippen LogP contribution in [-0.4, -0.2) is 241 Å². The standard InChI is InChI=1S/C74H103N15O26/c1-5-6-7-8-9-10-11-22-60(98)83-52(24-45-30-78-49-20-15-13-17-46(45)49)70(107)85-51(29-59(77)97)57(95)25-43(28-63(101)102)67(104)89-65-42(4)115-74(111)44(26-56(94)47-18-12-14-19-48(47)76)27-58(96)64(40(2)34-112-37-91)88-71(108)53(33-90)84-62(100)31-79-68(105)54(35-113-38-92)86-66(103)41(3)81-72(109)55(36-114-39-93)87-69(106)50(21-16-23-75)82-61(99)32-80-73(65)110/h12-15,17-20,30,37-44,50-55,64-65,78,90H,5-11,16,21-29,31-36,75-76H2,1-4H3,(H2,77,97)(H,79,105)(H,80,110)(H,81,109)(H,82,99)(H,83,98)(H,84,100)(H,85,107)(H,86,103)(H,87,106)(H,88,108)(H,89,104)(H,101,102). The maximum Gasteiger partial charge on any atom is 0.310 e. The summed E-state index contributed by atoms with van der Waals surface area (Å²) in [7, 11) is 0. The van der Waals surface area contributed by atoms with E-state index in [1.165, 1.54) is 31.2 Å². The molecular formula is C74H103N15O26. The minimum absolute atomic E-state index is 0.00742. The normalized spacial score (nSPS) is 21.2. The number of para-hydroxylation sites is 2. The first-order valence-electron chi connectivity index (χ1n) is 37.2. The number of aliphatic hydroxyl groups is 1. The number of aromatic amines is 1. The number of carbonyl (C=O) groups is 20. The molecule has 13 unspecified atom stereocenters. The van der Waals surface area contributed by atoms with Gasteiger partial charge in [-0.25, -0.2) is 0 Å². The number of primary amides is 1. The molecule has 0 aliphatic carbocycles. The molecule has 0 spiro atoms. The number of aliphatic carboxylic acids is 1. The Morgan fingerprint density at radius 3 is 1.87 bits per heavy atom. The zero-order chi connectivity index (χ0) is 85.3. The van der Waals surface area contributed by atoms with Crippen molar-refractivity contribution in [1.82, 2.24) is 63.5 Å². The summed E-state index contributed by atoms with van der Waals surface area (Å²) in [4.78, 5) is 275. The van der Waals surface area contributed by atoms with Crippen LogP contribution in [0.1, 0.15) is 140 Å². The number of anilines is 1. The van der Waals surface area contributed by atoms with Gasteiger partial charge >= 0.3 is 11.9 Å². The Morgan fingerprint density at radius 2 is 1.24 bits per heavy atom. The maximum atomic E-state index is 14.9. The second kappa shape index (κ2) is 49.9. The van der Waals surface area contributed by atoms with E-state index in [-0.39, 0.29) is 62.9 Å². The van der Waals surface area contributed by atoms with Crippen molar-refractivity contribution in [3.8, 4) is 0 Å². The molecule has 3 aromatic rings. The monoisotopic (exact) mass is 1620 g/mol. The number of amides is 12. The second-order valence-electron chi connectivity index (χ2n) is 27.4. The first kappa shape index (κ1) is 95.1. The van der Waals surface area contributed by atoms with Gasteiger partial charge in [0, 0.05) is 66.4 Å². The molecule has 1 saturated heterocycles. The van der Waals surface area contributed by atoms with Crippen molar-refractivity contribution < 1.29 is 125 Å². The van der Waals surface area contributed by atoms with Gasteiger partial charge < -0.3 is 110 Å². The molecule has 1 aliphatic heterocycles. The molecule has 1 aliphatic rings. The van der Waals surface area contributed by atoms with Gasteiger partial charge in [0.25, 0.3) is 19.4 Å². The van der Waals surface area contributed by atoms with Crippen molar-refractivity contribution in [2.24, 2.45) is 29.2 Å². The molecule has 630 valence electrons. The van der Waals surface area contributed by atoms with Crippen molar-refractivity contribution in [3.05, 3.63) is 65.9 Å². The lowest BCUT2D eigenvalue weighted by Crippen LogP contribution is -2.60. The number of nitrogen functional groups attached to an aromatic ring is 1. The van der Waals surface area contributed by atoms with Crippen LogP contribution in [0.4, 0.5) is 5.69 Å². The summed E-state index contributed by atoms with van der Waals surface area (Å²) in [6.45, 7) is -0.926. The topological polar surface area (TPSA) is 645 Å². The third kappa shape index (κ3) is 32.7. The average Bonchev–Trinajstić information content (AvgIpc) is 1.70. The zero-order valence-corrected chi connectivity index (χ0v) is 64.1. The van der Waals surface area contributed by atoms with Crippen LogP contribution >= 0.6 is 0 Å². The number of hydrogen-bond acceptors (Lipinski definition) is 27. The fourth-order valence-electron chi connectivity index (χ4n) is 12.0. The first-order chi connectivity index (χ1) is 54.8. The first-order valence-corrected chi connectivity index (χ1v) is 37.2. The molecule has 1 aromatic heterocycles. The molecule has 115 heavy (non-hydrogen) atoms. The van der Waals surface area contributed by atoms with Gasteiger partial charge in [0.05, 0.1) is 63.1 Å². The number of ether oxygens (including phenoxy) is 4. The van der Waals surface area contributed by atoms with Crippen LogP contribution in [0.15, 0.2) is 54.7 Å². The van der Waals surface area contributed by atoms with E-state index in [9.17, 15) is 106 Å². The highest BCUT2D eigenvalue weighted by Crippen LogP contribution is 2.25. The summed E-state index contributed by atoms with van der Waals surface area (Å²) < 4.78 is 20.1. The molecule has 13 atom stereocenters. The highest BCUT2D eigenvalue weighted by Gasteiger charge is 2.41. The van der Waals surface area contributed by atoms with E-state index in [0.29, 0.717) is 29.3 Å². The van der Waals surface area contributed by atoms with Gasteiger partial charge in [-0.2, -0.15) is 0 Å². The van der Waals surface area contributed by atoms with E-state index in [1.807, 2.05) is 0 Å². The van der Waals surface area contributed by atoms with Crippen molar-refractivity contribution in [2.75, 3.05) is 51.8 Å². The molecule has 20 N–H and O–H groups in total. The largest absolute Gasteiger partial charge is 0.481 e. The summed E-state index contributed by atoms with van der Waals surface area (Å²) in [5.41, 5.74) is 18.4. The number of carboxylic acid groups (broad SMARTS) is 1. The van der Waals surface area contributed by atoms with Crippen LogP contribution in [0.3, 0.4) is 0 Å². The molecule has 1 fully saturated rings. The number of H-pyrrole nitrogens is 1. The molecule has 41 heteroatoms. The Kier molecular flexibility index (Phi) is 41.3. The number of benzene rings is 2. The lowest BCUT2D eigenvalue weighted by atomic mass is 9.88. The number of Topliss-reactive ketones (excluding diaryl/α,β-unsaturated/α-hetero) is 3. The lowest BCUT2D eigenvalue weighted by molar-refractivity contribution is -0.158. The van der Waals surface area contributed by atoms with E-state index < -0.39 is 250 Å². The molecule has 0 radical (unpaired) electrons. The average molecular weight is 1620 g/mol. The number of nitrogens with one attached hydrogen (secondary N) is 12. The Balaban J connectivity index is 1.87. The zero-order valence-electron chi connectivity index (χ0n) is 64.1. The van der Waals surface area contributed by atoms with Crippen LogP contribution in [0, 0.1) is 17.8 Å². The summed E-state index contributed by atoms with van der Waals surface area (Å²) in [6, 6.07) is -4.21. The van der Waals surface area contributed by atoms with Gasteiger partial charge in [0.2, 0.25) is 70.9 Å². The number of rotatable bonds is 39. The number of unbranched alkanes of at least 4 members (excludes halogenated alkanes) is 6. The van der Waals surface area contributed by atoms with Crippen molar-refractivity contribution in [1.29, 1.82) is 0 Å². The Hall–Kier alpha value is -12.3. The molecule has 0 saturated carbocycles. The van der Waals surface area contributed by atoms with Crippen LogP contribution < -0.4 is 75.7 Å². The van der Waals surface area contributed by atoms with Gasteiger partial charge in [0.1, 0.15) is 61.6 Å². The Labute approximate surface area is 660 Å². The molecule has 41 nitrogen and oxygen atoms in total. The van der Waals surface area contributed by atoms with Crippen LogP contribution in [0.5, 0.6) is 0 Å². The number of fused-ring (bicyclic) bond motifs is 1. The predicted octanol–water partition coefficient (Wildman–Crippen LogP) is -4.35. The lowest BCUT2D eigenvalue weighted by Gasteiger charge is -2.29. The predicted molar refractivity (Wildman–Crippen MR) is 402 cm³/mol. The van der Waals surface area contributed by atoms with Crippen molar-refractivity contribution >= 4 is 136 Å². The number of esters is 1. The number of nitrogens with two attached hydrogens (primary N) is 3. The highest BCUT2D eigenvalue weighted by molar-refractivity contribution is 6.04. The number of ketones is 3. The van der Waals surface area contributed by atoms with Crippen molar-refractivity contribution in [2.45, 2.75) is 191 Å². The van der Waals surface area contributed by atoms with Gasteiger partial charge in [-0.15, -0.1) is 0 Å². The third-order valence-corrected chi connectivity index (χ3v) is 18.3. The number of carboxylic acids is 1. The Morgan fingerprint density at radius 1 is 0.652 bits per heavy atom. The fraction of sp³-hybridized carbons (Fsp3) is 0.541. The van der Waals surface area contributed by atoms with Crippen molar-refractivity contribution in [3.63, 3.8) is 0 Å². The second-order valence-corrected chi connectivity index (χ2v) is 27.4. The number of aromatic nitrogens is 1. The van der Waals surface area contributed by atoms with E-state index in [4.69, 9.17) is 31.4 Å². The van der Waals surface area contributed by atoms with E-state index in [2.05, 4.69) is 75.1 Å². The molecule has 0 bridgehead atoms. The highest BCUT2D eigenvalue weighted by atomic mass is 16.5. The van der Waals surface area contributed by atoms with Crippen LogP contribution in [-0.2, 0) is 116 Å². The smallest absolute Gasteiger partial charge is 0.310 e. The Bertz CT molecular complexity index is 3930. The minimum atomic E-state index is -2.34. The van der Waals surface area contributed by atoms with E-state index in [1.54, 1.807) is 30.5 Å². The molecular weight excluding hydrogens is 1510 g/mol. The van der Waals surface area contributed by atoms with Gasteiger partial charge in [-0.05, 0) is 63.4 Å².